The fourth-order valence-electron chi connectivity index (χ4n) is 2.47. The SMILES string of the molecule is CN=C(NCCc1c(C)noc1C)NC(C)c1ccccc1Cl.I. The van der Waals surface area contributed by atoms with Crippen molar-refractivity contribution in [1.29, 1.82) is 0 Å². The molecule has 1 unspecified atom stereocenters. The lowest BCUT2D eigenvalue weighted by atomic mass is 10.1. The number of halogens is 2. The first-order valence-electron chi connectivity index (χ1n) is 7.66. The van der Waals surface area contributed by atoms with E-state index < -0.39 is 0 Å². The highest BCUT2D eigenvalue weighted by Gasteiger charge is 2.12. The second-order valence-corrected chi connectivity index (χ2v) is 5.85. The molecule has 1 aromatic heterocycles. The van der Waals surface area contributed by atoms with E-state index in [0.29, 0.717) is 0 Å². The second-order valence-electron chi connectivity index (χ2n) is 5.44. The van der Waals surface area contributed by atoms with Crippen LogP contribution in [0.2, 0.25) is 5.02 Å². The van der Waals surface area contributed by atoms with Crippen LogP contribution in [0.5, 0.6) is 0 Å². The standard InChI is InChI=1S/C17H23ClN4O.HI/c1-11(15-7-5-6-8-16(15)18)21-17(19-4)20-10-9-14-12(2)22-23-13(14)3;/h5-8,11H,9-10H2,1-4H3,(H2,19,20,21);1H. The zero-order valence-electron chi connectivity index (χ0n) is 14.4. The Bertz CT molecular complexity index is 667. The Hall–Kier alpha value is -1.28. The van der Waals surface area contributed by atoms with Gasteiger partial charge < -0.3 is 15.2 Å². The molecule has 1 heterocycles. The quantitative estimate of drug-likeness (QED) is 0.400. The monoisotopic (exact) mass is 462 g/mol. The van der Waals surface area contributed by atoms with E-state index in [1.807, 2.05) is 38.1 Å². The van der Waals surface area contributed by atoms with E-state index in [1.54, 1.807) is 7.05 Å². The van der Waals surface area contributed by atoms with Gasteiger partial charge in [-0.2, -0.15) is 0 Å². The summed E-state index contributed by atoms with van der Waals surface area (Å²) in [4.78, 5) is 4.26. The first kappa shape index (κ1) is 20.8. The van der Waals surface area contributed by atoms with Crippen molar-refractivity contribution >= 4 is 41.5 Å². The number of benzene rings is 1. The smallest absolute Gasteiger partial charge is 0.191 e. The Morgan fingerprint density at radius 3 is 2.62 bits per heavy atom. The van der Waals surface area contributed by atoms with E-state index in [0.717, 1.165) is 46.5 Å². The van der Waals surface area contributed by atoms with Gasteiger partial charge in [-0.15, -0.1) is 24.0 Å². The van der Waals surface area contributed by atoms with Gasteiger partial charge in [0.15, 0.2) is 5.96 Å². The number of guanidine groups is 1. The van der Waals surface area contributed by atoms with E-state index in [9.17, 15) is 0 Å². The zero-order chi connectivity index (χ0) is 16.8. The number of aryl methyl sites for hydroxylation is 2. The van der Waals surface area contributed by atoms with Gasteiger partial charge in [-0.3, -0.25) is 4.99 Å². The van der Waals surface area contributed by atoms with Crippen LogP contribution in [-0.4, -0.2) is 24.7 Å². The van der Waals surface area contributed by atoms with Crippen LogP contribution in [0.3, 0.4) is 0 Å². The number of rotatable bonds is 5. The average Bonchev–Trinajstić information content (AvgIpc) is 2.85. The Morgan fingerprint density at radius 1 is 1.33 bits per heavy atom. The molecule has 0 saturated carbocycles. The predicted molar refractivity (Wildman–Crippen MR) is 109 cm³/mol. The number of aromatic nitrogens is 1. The van der Waals surface area contributed by atoms with Crippen LogP contribution < -0.4 is 10.6 Å². The summed E-state index contributed by atoms with van der Waals surface area (Å²) < 4.78 is 5.18. The van der Waals surface area contributed by atoms with Gasteiger partial charge in [0, 0.05) is 24.2 Å². The minimum Gasteiger partial charge on any atom is -0.361 e. The summed E-state index contributed by atoms with van der Waals surface area (Å²) in [6.07, 6.45) is 0.836. The molecule has 1 aromatic carbocycles. The first-order valence-corrected chi connectivity index (χ1v) is 8.04. The molecule has 0 aliphatic rings. The lowest BCUT2D eigenvalue weighted by molar-refractivity contribution is 0.392. The van der Waals surface area contributed by atoms with Crippen LogP contribution in [0, 0.1) is 13.8 Å². The molecular formula is C17H24ClIN4O. The highest BCUT2D eigenvalue weighted by atomic mass is 127. The Kier molecular flexibility index (Phi) is 8.55. The lowest BCUT2D eigenvalue weighted by Gasteiger charge is -2.19. The molecule has 132 valence electrons. The summed E-state index contributed by atoms with van der Waals surface area (Å²) in [6.45, 7) is 6.69. The zero-order valence-corrected chi connectivity index (χ0v) is 17.5. The van der Waals surface area contributed by atoms with Crippen LogP contribution in [0.4, 0.5) is 0 Å². The summed E-state index contributed by atoms with van der Waals surface area (Å²) in [5.74, 6) is 1.61. The van der Waals surface area contributed by atoms with Crippen LogP contribution >= 0.6 is 35.6 Å². The number of nitrogens with one attached hydrogen (secondary N) is 2. The minimum absolute atomic E-state index is 0. The molecule has 0 aliphatic carbocycles. The Morgan fingerprint density at radius 2 is 2.04 bits per heavy atom. The summed E-state index contributed by atoms with van der Waals surface area (Å²) in [5.41, 5.74) is 3.13. The predicted octanol–water partition coefficient (Wildman–Crippen LogP) is 4.03. The van der Waals surface area contributed by atoms with Crippen LogP contribution in [-0.2, 0) is 6.42 Å². The fourth-order valence-corrected chi connectivity index (χ4v) is 2.77. The maximum absolute atomic E-state index is 6.23. The number of hydrogen-bond acceptors (Lipinski definition) is 3. The Balaban J connectivity index is 0.00000288. The second kappa shape index (κ2) is 9.88. The maximum Gasteiger partial charge on any atom is 0.191 e. The number of nitrogens with zero attached hydrogens (tertiary/aromatic N) is 2. The molecule has 0 bridgehead atoms. The molecule has 0 radical (unpaired) electrons. The van der Waals surface area contributed by atoms with Crippen molar-refractivity contribution in [2.45, 2.75) is 33.2 Å². The first-order chi connectivity index (χ1) is 11.0. The molecule has 5 nitrogen and oxygen atoms in total. The van der Waals surface area contributed by atoms with Gasteiger partial charge in [0.2, 0.25) is 0 Å². The lowest BCUT2D eigenvalue weighted by Crippen LogP contribution is -2.39. The van der Waals surface area contributed by atoms with Crippen molar-refractivity contribution in [2.24, 2.45) is 4.99 Å². The highest BCUT2D eigenvalue weighted by Crippen LogP contribution is 2.21. The van der Waals surface area contributed by atoms with E-state index >= 15 is 0 Å². The minimum atomic E-state index is 0. The van der Waals surface area contributed by atoms with Crippen molar-refractivity contribution in [3.05, 3.63) is 51.9 Å². The maximum atomic E-state index is 6.23. The van der Waals surface area contributed by atoms with Crippen molar-refractivity contribution in [1.82, 2.24) is 15.8 Å². The van der Waals surface area contributed by atoms with Gasteiger partial charge in [0.1, 0.15) is 5.76 Å². The molecule has 0 aliphatic heterocycles. The molecule has 2 aromatic rings. The molecule has 0 saturated heterocycles. The van der Waals surface area contributed by atoms with E-state index in [4.69, 9.17) is 16.1 Å². The number of hydrogen-bond donors (Lipinski definition) is 2. The molecular weight excluding hydrogens is 439 g/mol. The molecule has 0 spiro atoms. The highest BCUT2D eigenvalue weighted by molar-refractivity contribution is 14.0. The topological polar surface area (TPSA) is 62.5 Å². The summed E-state index contributed by atoms with van der Waals surface area (Å²) >= 11 is 6.23. The van der Waals surface area contributed by atoms with Gasteiger partial charge in [-0.05, 0) is 38.8 Å². The van der Waals surface area contributed by atoms with Crippen molar-refractivity contribution in [2.75, 3.05) is 13.6 Å². The van der Waals surface area contributed by atoms with Gasteiger partial charge >= 0.3 is 0 Å². The van der Waals surface area contributed by atoms with Crippen LogP contribution in [0.25, 0.3) is 0 Å². The van der Waals surface area contributed by atoms with Crippen molar-refractivity contribution in [3.8, 4) is 0 Å². The third kappa shape index (κ3) is 5.37. The van der Waals surface area contributed by atoms with Gasteiger partial charge in [0.25, 0.3) is 0 Å². The average molecular weight is 463 g/mol. The van der Waals surface area contributed by atoms with Crippen molar-refractivity contribution < 1.29 is 4.52 Å². The fraction of sp³-hybridized carbons (Fsp3) is 0.412. The normalized spacial score (nSPS) is 12.5. The van der Waals surface area contributed by atoms with E-state index in [1.165, 1.54) is 0 Å². The van der Waals surface area contributed by atoms with Gasteiger partial charge in [-0.25, -0.2) is 0 Å². The molecule has 2 rings (SSSR count). The molecule has 1 atom stereocenters. The summed E-state index contributed by atoms with van der Waals surface area (Å²) in [5, 5.41) is 11.4. The summed E-state index contributed by atoms with van der Waals surface area (Å²) in [6, 6.07) is 7.87. The van der Waals surface area contributed by atoms with Crippen LogP contribution in [0.15, 0.2) is 33.8 Å². The third-order valence-corrected chi connectivity index (χ3v) is 4.14. The third-order valence-electron chi connectivity index (χ3n) is 3.80. The summed E-state index contributed by atoms with van der Waals surface area (Å²) in [7, 11) is 1.75. The van der Waals surface area contributed by atoms with Gasteiger partial charge in [0.05, 0.1) is 11.7 Å². The number of aliphatic imine (C=N–C) groups is 1. The van der Waals surface area contributed by atoms with E-state index in [2.05, 4.69) is 27.7 Å². The van der Waals surface area contributed by atoms with E-state index in [-0.39, 0.29) is 30.0 Å². The van der Waals surface area contributed by atoms with Gasteiger partial charge in [-0.1, -0.05) is 35.0 Å². The van der Waals surface area contributed by atoms with Crippen LogP contribution in [0.1, 0.15) is 35.5 Å². The Labute approximate surface area is 165 Å². The largest absolute Gasteiger partial charge is 0.361 e. The molecule has 0 fully saturated rings. The molecule has 7 heteroatoms. The molecule has 0 amide bonds. The van der Waals surface area contributed by atoms with Crippen molar-refractivity contribution in [3.63, 3.8) is 0 Å². The molecule has 24 heavy (non-hydrogen) atoms. The molecule has 2 N–H and O–H groups in total.